The van der Waals surface area contributed by atoms with Gasteiger partial charge >= 0.3 is 0 Å². The Morgan fingerprint density at radius 1 is 1.33 bits per heavy atom. The molecule has 0 aliphatic heterocycles. The Labute approximate surface area is 87.3 Å². The lowest BCUT2D eigenvalue weighted by molar-refractivity contribution is 0.628. The fraction of sp³-hybridized carbons (Fsp3) is 0.0909. The Kier molecular flexibility index (Phi) is 2.33. The van der Waals surface area contributed by atoms with Crippen LogP contribution in [-0.2, 0) is 0 Å². The smallest absolute Gasteiger partial charge is 0.125 e. The van der Waals surface area contributed by atoms with Gasteiger partial charge in [0.05, 0.1) is 11.4 Å². The summed E-state index contributed by atoms with van der Waals surface area (Å²) < 4.78 is 13.1. The van der Waals surface area contributed by atoms with Gasteiger partial charge in [0, 0.05) is 13.2 Å². The monoisotopic (exact) mass is 205 g/mol. The molecule has 0 unspecified atom stereocenters. The number of rotatable bonds is 2. The zero-order valence-corrected chi connectivity index (χ0v) is 8.37. The first-order valence-electron chi connectivity index (χ1n) is 4.60. The van der Waals surface area contributed by atoms with Crippen molar-refractivity contribution in [3.63, 3.8) is 0 Å². The van der Waals surface area contributed by atoms with Gasteiger partial charge in [-0.1, -0.05) is 0 Å². The van der Waals surface area contributed by atoms with Crippen molar-refractivity contribution in [2.45, 2.75) is 0 Å². The molecule has 0 amide bonds. The molecular weight excluding hydrogens is 193 g/mol. The van der Waals surface area contributed by atoms with Crippen molar-refractivity contribution in [3.05, 3.63) is 42.3 Å². The molecule has 0 aliphatic rings. The highest BCUT2D eigenvalue weighted by molar-refractivity contribution is 5.72. The van der Waals surface area contributed by atoms with Crippen molar-refractivity contribution in [1.29, 1.82) is 0 Å². The van der Waals surface area contributed by atoms with Gasteiger partial charge in [-0.2, -0.15) is 0 Å². The minimum atomic E-state index is -0.294. The Hall–Kier alpha value is -1.97. The van der Waals surface area contributed by atoms with E-state index in [1.165, 1.54) is 12.1 Å². The molecule has 78 valence electrons. The lowest BCUT2D eigenvalue weighted by Crippen LogP contribution is -2.12. The van der Waals surface area contributed by atoms with Crippen molar-refractivity contribution in [2.75, 3.05) is 17.7 Å². The zero-order chi connectivity index (χ0) is 10.8. The zero-order valence-electron chi connectivity index (χ0n) is 8.37. The van der Waals surface area contributed by atoms with Crippen molar-refractivity contribution < 1.29 is 4.39 Å². The second-order valence-corrected chi connectivity index (χ2v) is 3.32. The molecule has 3 nitrogen and oxygen atoms in total. The van der Waals surface area contributed by atoms with Crippen LogP contribution in [0.1, 0.15) is 0 Å². The van der Waals surface area contributed by atoms with Crippen LogP contribution in [0.25, 0.3) is 0 Å². The summed E-state index contributed by atoms with van der Waals surface area (Å²) in [4.78, 5) is 4.83. The number of halogens is 1. The predicted octanol–water partition coefficient (Wildman–Crippen LogP) is 2.50. The van der Waals surface area contributed by atoms with Crippen molar-refractivity contribution in [3.8, 4) is 0 Å². The maximum Gasteiger partial charge on any atom is 0.125 e. The van der Waals surface area contributed by atoms with Gasteiger partial charge in [-0.3, -0.25) is 0 Å². The van der Waals surface area contributed by atoms with Crippen LogP contribution in [0.15, 0.2) is 36.5 Å². The molecule has 0 bridgehead atoms. The largest absolute Gasteiger partial charge is 0.397 e. The van der Waals surface area contributed by atoms with E-state index in [2.05, 4.69) is 4.98 Å². The van der Waals surface area contributed by atoms with E-state index in [9.17, 15) is 4.39 Å². The third kappa shape index (κ3) is 1.79. The number of nitrogens with zero attached hydrogens (tertiary/aromatic N) is 1. The summed E-state index contributed by atoms with van der Waals surface area (Å²) in [6.07, 6.45) is 1.81. The second-order valence-electron chi connectivity index (χ2n) is 3.32. The molecule has 0 radical (unpaired) electrons. The van der Waals surface area contributed by atoms with E-state index in [0.717, 1.165) is 5.82 Å². The van der Waals surface area contributed by atoms with Crippen LogP contribution in [0.2, 0.25) is 0 Å². The number of aromatic amines is 1. The molecule has 1 aromatic carbocycles. The maximum atomic E-state index is 13.1. The van der Waals surface area contributed by atoms with Gasteiger partial charge in [0.25, 0.3) is 0 Å². The molecule has 0 aliphatic carbocycles. The van der Waals surface area contributed by atoms with Gasteiger partial charge in [0.2, 0.25) is 0 Å². The van der Waals surface area contributed by atoms with Crippen LogP contribution in [0.4, 0.5) is 21.6 Å². The molecule has 2 rings (SSSR count). The average Bonchev–Trinajstić information content (AvgIpc) is 2.74. The number of anilines is 3. The van der Waals surface area contributed by atoms with Gasteiger partial charge in [-0.15, -0.1) is 0 Å². The quantitative estimate of drug-likeness (QED) is 0.740. The third-order valence-electron chi connectivity index (χ3n) is 2.30. The van der Waals surface area contributed by atoms with Crippen molar-refractivity contribution in [1.82, 2.24) is 4.98 Å². The molecule has 0 fully saturated rings. The summed E-state index contributed by atoms with van der Waals surface area (Å²) in [5, 5.41) is 0. The van der Waals surface area contributed by atoms with Crippen LogP contribution in [0, 0.1) is 5.82 Å². The van der Waals surface area contributed by atoms with E-state index in [1.54, 1.807) is 17.2 Å². The van der Waals surface area contributed by atoms with Crippen molar-refractivity contribution >= 4 is 17.2 Å². The van der Waals surface area contributed by atoms with E-state index in [-0.39, 0.29) is 5.82 Å². The summed E-state index contributed by atoms with van der Waals surface area (Å²) in [7, 11) is 1.83. The summed E-state index contributed by atoms with van der Waals surface area (Å²) in [5.74, 6) is 0.574. The number of hydrogen-bond donors (Lipinski definition) is 2. The first kappa shape index (κ1) is 9.58. The molecule has 0 saturated carbocycles. The number of nitrogens with two attached hydrogens (primary N) is 1. The van der Waals surface area contributed by atoms with E-state index in [0.29, 0.717) is 11.4 Å². The Morgan fingerprint density at radius 2 is 2.13 bits per heavy atom. The number of benzene rings is 1. The molecule has 0 atom stereocenters. The average molecular weight is 205 g/mol. The van der Waals surface area contributed by atoms with Gasteiger partial charge in [0.15, 0.2) is 0 Å². The fourth-order valence-electron chi connectivity index (χ4n) is 1.47. The minimum absolute atomic E-state index is 0.294. The highest BCUT2D eigenvalue weighted by atomic mass is 19.1. The first-order chi connectivity index (χ1) is 7.18. The summed E-state index contributed by atoms with van der Waals surface area (Å²) in [6.45, 7) is 0. The number of hydrogen-bond acceptors (Lipinski definition) is 2. The van der Waals surface area contributed by atoms with E-state index in [1.807, 2.05) is 19.2 Å². The normalized spacial score (nSPS) is 10.3. The van der Waals surface area contributed by atoms with Gasteiger partial charge < -0.3 is 15.6 Å². The SMILES string of the molecule is CN(c1ccc[nH]1)c1cc(F)ccc1N. The lowest BCUT2D eigenvalue weighted by atomic mass is 10.2. The minimum Gasteiger partial charge on any atom is -0.397 e. The molecule has 4 heteroatoms. The first-order valence-corrected chi connectivity index (χ1v) is 4.60. The molecule has 3 N–H and O–H groups in total. The predicted molar refractivity (Wildman–Crippen MR) is 59.7 cm³/mol. The van der Waals surface area contributed by atoms with Gasteiger partial charge in [0.1, 0.15) is 11.6 Å². The molecule has 2 aromatic rings. The number of aromatic nitrogens is 1. The number of nitrogen functional groups attached to an aromatic ring is 1. The third-order valence-corrected chi connectivity index (χ3v) is 2.30. The van der Waals surface area contributed by atoms with E-state index in [4.69, 9.17) is 5.73 Å². The molecule has 0 saturated heterocycles. The Bertz CT molecular complexity index is 451. The summed E-state index contributed by atoms with van der Waals surface area (Å²) in [6, 6.07) is 8.09. The fourth-order valence-corrected chi connectivity index (χ4v) is 1.47. The topological polar surface area (TPSA) is 45.0 Å². The number of nitrogens with one attached hydrogen (secondary N) is 1. The van der Waals surface area contributed by atoms with Crippen LogP contribution in [0.5, 0.6) is 0 Å². The summed E-state index contributed by atoms with van der Waals surface area (Å²) in [5.41, 5.74) is 6.97. The molecule has 15 heavy (non-hydrogen) atoms. The molecule has 0 spiro atoms. The molecule has 1 heterocycles. The van der Waals surface area contributed by atoms with E-state index >= 15 is 0 Å². The van der Waals surface area contributed by atoms with Crippen molar-refractivity contribution in [2.24, 2.45) is 0 Å². The van der Waals surface area contributed by atoms with Crippen LogP contribution in [-0.4, -0.2) is 12.0 Å². The maximum absolute atomic E-state index is 13.1. The molecule has 1 aromatic heterocycles. The van der Waals surface area contributed by atoms with Crippen LogP contribution in [0.3, 0.4) is 0 Å². The highest BCUT2D eigenvalue weighted by Crippen LogP contribution is 2.28. The number of H-pyrrole nitrogens is 1. The van der Waals surface area contributed by atoms with Gasteiger partial charge in [-0.25, -0.2) is 4.39 Å². The second kappa shape index (κ2) is 3.65. The highest BCUT2D eigenvalue weighted by Gasteiger charge is 2.08. The lowest BCUT2D eigenvalue weighted by Gasteiger charge is -2.19. The van der Waals surface area contributed by atoms with Gasteiger partial charge in [-0.05, 0) is 30.3 Å². The summed E-state index contributed by atoms with van der Waals surface area (Å²) >= 11 is 0. The molecular formula is C11H12FN3. The van der Waals surface area contributed by atoms with Crippen LogP contribution >= 0.6 is 0 Å². The standard InChI is InChI=1S/C11H12FN3/c1-15(11-3-2-6-14-11)10-7-8(12)4-5-9(10)13/h2-7,14H,13H2,1H3. The Balaban J connectivity index is 2.41. The van der Waals surface area contributed by atoms with E-state index < -0.39 is 0 Å². The Morgan fingerprint density at radius 3 is 2.80 bits per heavy atom. The van der Waals surface area contributed by atoms with Crippen LogP contribution < -0.4 is 10.6 Å².